The lowest BCUT2D eigenvalue weighted by atomic mass is 9.81. The second kappa shape index (κ2) is 10.7. The first-order valence-corrected chi connectivity index (χ1v) is 13.2. The summed E-state index contributed by atoms with van der Waals surface area (Å²) in [6.07, 6.45) is 7.18. The van der Waals surface area contributed by atoms with Gasteiger partial charge in [-0.1, -0.05) is 18.2 Å². The summed E-state index contributed by atoms with van der Waals surface area (Å²) in [4.78, 5) is 32.9. The van der Waals surface area contributed by atoms with E-state index in [9.17, 15) is 9.59 Å². The van der Waals surface area contributed by atoms with Crippen LogP contribution in [-0.2, 0) is 28.5 Å². The molecule has 0 saturated heterocycles. The molecule has 0 spiro atoms. The van der Waals surface area contributed by atoms with E-state index in [2.05, 4.69) is 16.0 Å². The SMILES string of the molecule is CCOC(=O)C1C(c2ccnc3ccccc23)=C(CCC(=O)OC)N2CCC3=CC(C)(OC)C(OC)=CC3=C12. The summed E-state index contributed by atoms with van der Waals surface area (Å²) in [7, 11) is 4.68. The average Bonchev–Trinajstić information content (AvgIpc) is 3.29. The van der Waals surface area contributed by atoms with Gasteiger partial charge in [-0.25, -0.2) is 0 Å². The Hall–Kier alpha value is -3.91. The molecule has 2 aliphatic heterocycles. The van der Waals surface area contributed by atoms with Crippen LogP contribution in [0.5, 0.6) is 0 Å². The van der Waals surface area contributed by atoms with Gasteiger partial charge in [-0.2, -0.15) is 0 Å². The van der Waals surface area contributed by atoms with Gasteiger partial charge in [0, 0.05) is 42.2 Å². The van der Waals surface area contributed by atoms with E-state index in [0.717, 1.165) is 51.0 Å². The van der Waals surface area contributed by atoms with Gasteiger partial charge in [0.15, 0.2) is 0 Å². The molecule has 3 heterocycles. The van der Waals surface area contributed by atoms with Crippen LogP contribution >= 0.6 is 0 Å². The Morgan fingerprint density at radius 1 is 1.15 bits per heavy atom. The number of carbonyl (C=O) groups excluding carboxylic acids is 2. The molecule has 8 nitrogen and oxygen atoms in total. The molecule has 204 valence electrons. The number of nitrogens with zero attached hydrogens (tertiary/aromatic N) is 2. The molecule has 1 aromatic heterocycles. The van der Waals surface area contributed by atoms with Crippen molar-refractivity contribution in [2.75, 3.05) is 34.5 Å². The van der Waals surface area contributed by atoms with Crippen molar-refractivity contribution in [3.8, 4) is 0 Å². The van der Waals surface area contributed by atoms with Crippen molar-refractivity contribution in [1.29, 1.82) is 0 Å². The minimum atomic E-state index is -0.709. The van der Waals surface area contributed by atoms with E-state index in [1.807, 2.05) is 50.3 Å². The second-order valence-corrected chi connectivity index (χ2v) is 9.89. The van der Waals surface area contributed by atoms with Gasteiger partial charge in [-0.15, -0.1) is 0 Å². The van der Waals surface area contributed by atoms with Crippen LogP contribution in [-0.4, -0.2) is 61.9 Å². The number of esters is 2. The lowest BCUT2D eigenvalue weighted by Gasteiger charge is -2.38. The Balaban J connectivity index is 1.79. The molecule has 8 heteroatoms. The summed E-state index contributed by atoms with van der Waals surface area (Å²) < 4.78 is 22.3. The number of allylic oxidation sites excluding steroid dienone is 3. The number of pyridine rings is 1. The molecule has 2 atom stereocenters. The topological polar surface area (TPSA) is 87.2 Å². The first kappa shape index (κ1) is 26.7. The van der Waals surface area contributed by atoms with Crippen molar-refractivity contribution in [3.05, 3.63) is 82.5 Å². The number of rotatable bonds is 8. The summed E-state index contributed by atoms with van der Waals surface area (Å²) >= 11 is 0. The predicted octanol–water partition coefficient (Wildman–Crippen LogP) is 4.93. The largest absolute Gasteiger partial charge is 0.498 e. The number of para-hydroxylation sites is 1. The minimum Gasteiger partial charge on any atom is -0.498 e. The van der Waals surface area contributed by atoms with Gasteiger partial charge in [0.25, 0.3) is 0 Å². The van der Waals surface area contributed by atoms with E-state index in [1.54, 1.807) is 20.4 Å². The van der Waals surface area contributed by atoms with Gasteiger partial charge in [0.1, 0.15) is 17.3 Å². The fourth-order valence-corrected chi connectivity index (χ4v) is 5.94. The number of methoxy groups -OCH3 is 3. The zero-order valence-electron chi connectivity index (χ0n) is 23.1. The molecule has 0 saturated carbocycles. The first-order chi connectivity index (χ1) is 18.9. The number of benzene rings is 1. The Kier molecular flexibility index (Phi) is 7.32. The van der Waals surface area contributed by atoms with Crippen LogP contribution in [0.15, 0.2) is 77.0 Å². The van der Waals surface area contributed by atoms with Gasteiger partial charge >= 0.3 is 11.9 Å². The number of ether oxygens (including phenoxy) is 4. The van der Waals surface area contributed by atoms with E-state index in [1.165, 1.54) is 7.11 Å². The van der Waals surface area contributed by atoms with Crippen molar-refractivity contribution in [2.24, 2.45) is 5.92 Å². The fourth-order valence-electron chi connectivity index (χ4n) is 5.94. The zero-order valence-corrected chi connectivity index (χ0v) is 23.1. The van der Waals surface area contributed by atoms with Gasteiger partial charge in [-0.05, 0) is 67.7 Å². The number of hydrogen-bond donors (Lipinski definition) is 0. The monoisotopic (exact) mass is 530 g/mol. The summed E-state index contributed by atoms with van der Waals surface area (Å²) in [6, 6.07) is 9.83. The summed E-state index contributed by atoms with van der Waals surface area (Å²) in [5, 5.41) is 0.935. The summed E-state index contributed by atoms with van der Waals surface area (Å²) in [5.74, 6) is -0.673. The quantitative estimate of drug-likeness (QED) is 0.444. The highest BCUT2D eigenvalue weighted by molar-refractivity contribution is 6.02. The normalized spacial score (nSPS) is 22.3. The van der Waals surface area contributed by atoms with Crippen molar-refractivity contribution >= 4 is 28.4 Å². The Morgan fingerprint density at radius 2 is 1.95 bits per heavy atom. The van der Waals surface area contributed by atoms with Crippen LogP contribution in [0.25, 0.3) is 16.5 Å². The van der Waals surface area contributed by atoms with Gasteiger partial charge in [0.2, 0.25) is 0 Å². The molecule has 39 heavy (non-hydrogen) atoms. The lowest BCUT2D eigenvalue weighted by Crippen LogP contribution is -2.36. The Morgan fingerprint density at radius 3 is 2.67 bits per heavy atom. The minimum absolute atomic E-state index is 0.191. The van der Waals surface area contributed by atoms with E-state index in [0.29, 0.717) is 18.7 Å². The van der Waals surface area contributed by atoms with Gasteiger partial charge in [-0.3, -0.25) is 14.6 Å². The number of fused-ring (bicyclic) bond motifs is 3. The van der Waals surface area contributed by atoms with Crippen LogP contribution in [0.1, 0.15) is 38.7 Å². The maximum Gasteiger partial charge on any atom is 0.319 e. The van der Waals surface area contributed by atoms with E-state index >= 15 is 0 Å². The highest BCUT2D eigenvalue weighted by atomic mass is 16.5. The van der Waals surface area contributed by atoms with Crippen molar-refractivity contribution in [2.45, 2.75) is 38.7 Å². The molecule has 1 aromatic carbocycles. The third-order valence-electron chi connectivity index (χ3n) is 7.83. The van der Waals surface area contributed by atoms with Crippen molar-refractivity contribution in [3.63, 3.8) is 0 Å². The fraction of sp³-hybridized carbons (Fsp3) is 0.387. The van der Waals surface area contributed by atoms with E-state index in [4.69, 9.17) is 18.9 Å². The van der Waals surface area contributed by atoms with Crippen molar-refractivity contribution in [1.82, 2.24) is 9.88 Å². The van der Waals surface area contributed by atoms with Crippen LogP contribution in [0.2, 0.25) is 0 Å². The average molecular weight is 531 g/mol. The highest BCUT2D eigenvalue weighted by Crippen LogP contribution is 2.52. The molecule has 5 rings (SSSR count). The smallest absolute Gasteiger partial charge is 0.319 e. The lowest BCUT2D eigenvalue weighted by molar-refractivity contribution is -0.145. The number of aromatic nitrogens is 1. The molecular formula is C31H34N2O6. The van der Waals surface area contributed by atoms with Gasteiger partial charge in [0.05, 0.1) is 32.8 Å². The van der Waals surface area contributed by atoms with Crippen LogP contribution in [0.4, 0.5) is 0 Å². The second-order valence-electron chi connectivity index (χ2n) is 9.89. The van der Waals surface area contributed by atoms with E-state index < -0.39 is 11.5 Å². The molecule has 0 bridgehead atoms. The Labute approximate surface area is 228 Å². The molecule has 3 aliphatic rings. The maximum absolute atomic E-state index is 13.8. The summed E-state index contributed by atoms with van der Waals surface area (Å²) in [5.41, 5.74) is 5.64. The third-order valence-corrected chi connectivity index (χ3v) is 7.83. The molecule has 0 radical (unpaired) electrons. The molecule has 2 aromatic rings. The van der Waals surface area contributed by atoms with Crippen LogP contribution in [0, 0.1) is 5.92 Å². The number of carbonyl (C=O) groups is 2. The van der Waals surface area contributed by atoms with Crippen molar-refractivity contribution < 1.29 is 28.5 Å². The third kappa shape index (κ3) is 4.52. The predicted molar refractivity (Wildman–Crippen MR) is 147 cm³/mol. The molecule has 2 unspecified atom stereocenters. The molecular weight excluding hydrogens is 496 g/mol. The highest BCUT2D eigenvalue weighted by Gasteiger charge is 2.47. The maximum atomic E-state index is 13.8. The zero-order chi connectivity index (χ0) is 27.7. The molecule has 0 fully saturated rings. The van der Waals surface area contributed by atoms with E-state index in [-0.39, 0.29) is 25.0 Å². The molecule has 1 aliphatic carbocycles. The Bertz CT molecular complexity index is 1450. The molecule has 0 amide bonds. The molecule has 0 N–H and O–H groups in total. The summed E-state index contributed by atoms with van der Waals surface area (Å²) in [6.45, 7) is 4.68. The van der Waals surface area contributed by atoms with Gasteiger partial charge < -0.3 is 23.8 Å². The standard InChI is InChI=1S/C31H34N2O6/c1-6-39-30(35)28-27(21-13-15-32-23-10-8-7-9-20(21)23)24(11-12-26(34)37-4)33-16-14-19-18-31(2,38-5)25(36-3)17-22(19)29(28)33/h7-10,13,15,17-18,28H,6,11-12,14,16H2,1-5H3. The first-order valence-electron chi connectivity index (χ1n) is 13.2. The van der Waals surface area contributed by atoms with Crippen LogP contribution in [0.3, 0.4) is 0 Å². The van der Waals surface area contributed by atoms with Crippen LogP contribution < -0.4 is 0 Å². The number of hydrogen-bond acceptors (Lipinski definition) is 8.